The van der Waals surface area contributed by atoms with E-state index in [2.05, 4.69) is 10.6 Å². The smallest absolute Gasteiger partial charge is 0.262 e. The van der Waals surface area contributed by atoms with Crippen LogP contribution in [0.1, 0.15) is 27.1 Å². The highest BCUT2D eigenvalue weighted by molar-refractivity contribution is 6.05. The molecule has 1 heterocycles. The molecule has 8 heteroatoms. The van der Waals surface area contributed by atoms with Gasteiger partial charge in [0.25, 0.3) is 11.8 Å². The summed E-state index contributed by atoms with van der Waals surface area (Å²) >= 11 is 0. The molecule has 34 heavy (non-hydrogen) atoms. The van der Waals surface area contributed by atoms with Gasteiger partial charge in [-0.2, -0.15) is 0 Å². The lowest BCUT2D eigenvalue weighted by Crippen LogP contribution is -2.21. The van der Waals surface area contributed by atoms with Crippen molar-refractivity contribution in [3.63, 3.8) is 0 Å². The first-order valence-electron chi connectivity index (χ1n) is 10.8. The number of hydrogen-bond acceptors (Lipinski definition) is 6. The zero-order valence-electron chi connectivity index (χ0n) is 19.0. The Morgan fingerprint density at radius 1 is 0.971 bits per heavy atom. The van der Waals surface area contributed by atoms with Gasteiger partial charge < -0.3 is 25.0 Å². The maximum absolute atomic E-state index is 12.5. The monoisotopic (exact) mass is 459 g/mol. The summed E-state index contributed by atoms with van der Waals surface area (Å²) in [5, 5.41) is 5.58. The van der Waals surface area contributed by atoms with Gasteiger partial charge in [0.15, 0.2) is 12.4 Å². The van der Waals surface area contributed by atoms with Crippen molar-refractivity contribution < 1.29 is 23.9 Å². The Hall–Kier alpha value is -4.33. The number of hydrogen-bond donors (Lipinski definition) is 2. The van der Waals surface area contributed by atoms with Gasteiger partial charge in [-0.15, -0.1) is 0 Å². The Balaban J connectivity index is 1.32. The van der Waals surface area contributed by atoms with Gasteiger partial charge in [-0.3, -0.25) is 14.4 Å². The van der Waals surface area contributed by atoms with E-state index in [0.717, 1.165) is 5.69 Å². The predicted molar refractivity (Wildman–Crippen MR) is 130 cm³/mol. The Morgan fingerprint density at radius 2 is 1.71 bits per heavy atom. The highest BCUT2D eigenvalue weighted by Crippen LogP contribution is 2.29. The molecule has 1 aliphatic rings. The Kier molecular flexibility index (Phi) is 6.77. The molecule has 3 aromatic rings. The van der Waals surface area contributed by atoms with Crippen LogP contribution in [0.15, 0.2) is 66.7 Å². The molecule has 0 saturated carbocycles. The molecule has 0 atom stereocenters. The molecule has 0 unspecified atom stereocenters. The van der Waals surface area contributed by atoms with Crippen LogP contribution in [0.3, 0.4) is 0 Å². The van der Waals surface area contributed by atoms with E-state index in [-0.39, 0.29) is 24.2 Å². The number of ketones is 1. The largest absolute Gasteiger partial charge is 0.492 e. The minimum Gasteiger partial charge on any atom is -0.492 e. The summed E-state index contributed by atoms with van der Waals surface area (Å²) in [6, 6.07) is 19.0. The summed E-state index contributed by atoms with van der Waals surface area (Å²) in [6.07, 6.45) is 0.359. The molecule has 0 fully saturated rings. The van der Waals surface area contributed by atoms with E-state index in [4.69, 9.17) is 9.47 Å². The van der Waals surface area contributed by atoms with Crippen LogP contribution in [0, 0.1) is 0 Å². The lowest BCUT2D eigenvalue weighted by molar-refractivity contribution is -0.118. The number of benzene rings is 3. The van der Waals surface area contributed by atoms with Gasteiger partial charge in [0.1, 0.15) is 11.5 Å². The van der Waals surface area contributed by atoms with E-state index in [9.17, 15) is 14.4 Å². The van der Waals surface area contributed by atoms with Gasteiger partial charge in [0.2, 0.25) is 0 Å². The van der Waals surface area contributed by atoms with Gasteiger partial charge in [0, 0.05) is 49.2 Å². The van der Waals surface area contributed by atoms with Crippen LogP contribution in [-0.2, 0) is 4.79 Å². The molecule has 0 bridgehead atoms. The molecule has 0 saturated heterocycles. The fraction of sp³-hybridized carbons (Fsp3) is 0.192. The molecule has 174 valence electrons. The number of nitrogens with one attached hydrogen (secondary N) is 2. The van der Waals surface area contributed by atoms with Crippen LogP contribution in [-0.4, -0.2) is 44.9 Å². The van der Waals surface area contributed by atoms with Crippen molar-refractivity contribution in [3.05, 3.63) is 77.9 Å². The fourth-order valence-corrected chi connectivity index (χ4v) is 3.47. The normalized spacial score (nSPS) is 12.2. The van der Waals surface area contributed by atoms with Crippen LogP contribution < -0.4 is 25.0 Å². The maximum Gasteiger partial charge on any atom is 0.262 e. The number of carbonyl (C=O) groups is 3. The second-order valence-corrected chi connectivity index (χ2v) is 7.99. The molecule has 1 aliphatic heterocycles. The number of amides is 2. The van der Waals surface area contributed by atoms with E-state index in [1.807, 2.05) is 31.1 Å². The molecule has 2 amide bonds. The number of nitrogens with zero attached hydrogens (tertiary/aromatic N) is 1. The summed E-state index contributed by atoms with van der Waals surface area (Å²) < 4.78 is 11.0. The second-order valence-electron chi connectivity index (χ2n) is 7.99. The molecule has 0 aromatic heterocycles. The van der Waals surface area contributed by atoms with Crippen molar-refractivity contribution in [1.82, 2.24) is 0 Å². The van der Waals surface area contributed by atoms with E-state index >= 15 is 0 Å². The minimum absolute atomic E-state index is 0.0306. The van der Waals surface area contributed by atoms with Gasteiger partial charge in [0.05, 0.1) is 12.2 Å². The molecule has 8 nitrogen and oxygen atoms in total. The van der Waals surface area contributed by atoms with Crippen molar-refractivity contribution in [2.24, 2.45) is 0 Å². The predicted octanol–water partition coefficient (Wildman–Crippen LogP) is 3.99. The van der Waals surface area contributed by atoms with Gasteiger partial charge >= 0.3 is 0 Å². The Bertz CT molecular complexity index is 1220. The van der Waals surface area contributed by atoms with E-state index in [1.54, 1.807) is 54.6 Å². The standard InChI is InChI=1S/C26H25N3O5/c1-29(2)20-8-6-17(7-9-20)26(32)28-19-5-3-4-18(14-19)27-25(31)16-34-21-10-11-22-23(30)12-13-33-24(22)15-21/h3-11,14-15H,12-13,16H2,1-2H3,(H,27,31)(H,28,32). The molecule has 2 N–H and O–H groups in total. The van der Waals surface area contributed by atoms with Crippen LogP contribution >= 0.6 is 0 Å². The van der Waals surface area contributed by atoms with E-state index in [1.165, 1.54) is 0 Å². The third-order valence-corrected chi connectivity index (χ3v) is 5.26. The molecule has 0 aliphatic carbocycles. The summed E-state index contributed by atoms with van der Waals surface area (Å²) in [7, 11) is 3.87. The summed E-state index contributed by atoms with van der Waals surface area (Å²) in [5.74, 6) is 0.324. The van der Waals surface area contributed by atoms with Gasteiger partial charge in [-0.25, -0.2) is 0 Å². The van der Waals surface area contributed by atoms with Crippen LogP contribution in [0.25, 0.3) is 0 Å². The van der Waals surface area contributed by atoms with Gasteiger partial charge in [-0.1, -0.05) is 6.07 Å². The third-order valence-electron chi connectivity index (χ3n) is 5.26. The molecule has 3 aromatic carbocycles. The molecule has 0 spiro atoms. The van der Waals surface area contributed by atoms with Crippen molar-refractivity contribution in [2.75, 3.05) is 42.8 Å². The Morgan fingerprint density at radius 3 is 2.44 bits per heavy atom. The average molecular weight is 460 g/mol. The zero-order chi connectivity index (χ0) is 24.1. The minimum atomic E-state index is -0.363. The first kappa shape index (κ1) is 22.8. The number of fused-ring (bicyclic) bond motifs is 1. The molecular formula is C26H25N3O5. The Labute approximate surface area is 197 Å². The summed E-state index contributed by atoms with van der Waals surface area (Å²) in [6.45, 7) is 0.117. The topological polar surface area (TPSA) is 97.0 Å². The fourth-order valence-electron chi connectivity index (χ4n) is 3.47. The van der Waals surface area contributed by atoms with Gasteiger partial charge in [-0.05, 0) is 54.6 Å². The first-order valence-corrected chi connectivity index (χ1v) is 10.8. The SMILES string of the molecule is CN(C)c1ccc(C(=O)Nc2cccc(NC(=O)COc3ccc4c(c3)OCCC4=O)c2)cc1. The molecule has 0 radical (unpaired) electrons. The summed E-state index contributed by atoms with van der Waals surface area (Å²) in [4.78, 5) is 38.7. The van der Waals surface area contributed by atoms with E-state index in [0.29, 0.717) is 47.0 Å². The lowest BCUT2D eigenvalue weighted by atomic mass is 10.1. The third kappa shape index (κ3) is 5.53. The van der Waals surface area contributed by atoms with Crippen molar-refractivity contribution in [3.8, 4) is 11.5 Å². The lowest BCUT2D eigenvalue weighted by Gasteiger charge is -2.17. The highest BCUT2D eigenvalue weighted by Gasteiger charge is 2.19. The quantitative estimate of drug-likeness (QED) is 0.555. The number of ether oxygens (including phenoxy) is 2. The maximum atomic E-state index is 12.5. The highest BCUT2D eigenvalue weighted by atomic mass is 16.5. The molecular weight excluding hydrogens is 434 g/mol. The number of carbonyl (C=O) groups excluding carboxylic acids is 3. The molecule has 4 rings (SSSR count). The average Bonchev–Trinajstić information content (AvgIpc) is 2.83. The number of anilines is 3. The van der Waals surface area contributed by atoms with Crippen molar-refractivity contribution >= 4 is 34.7 Å². The first-order chi connectivity index (χ1) is 16.4. The number of Topliss-reactive ketones (excluding diaryl/α,β-unsaturated/α-hetero) is 1. The van der Waals surface area contributed by atoms with Crippen molar-refractivity contribution in [1.29, 1.82) is 0 Å². The second kappa shape index (κ2) is 10.1. The van der Waals surface area contributed by atoms with Crippen LogP contribution in [0.4, 0.5) is 17.1 Å². The summed E-state index contributed by atoms with van der Waals surface area (Å²) in [5.41, 5.74) is 3.13. The van der Waals surface area contributed by atoms with Crippen molar-refractivity contribution in [2.45, 2.75) is 6.42 Å². The number of rotatable bonds is 7. The zero-order valence-corrected chi connectivity index (χ0v) is 19.0. The van der Waals surface area contributed by atoms with Crippen LogP contribution in [0.2, 0.25) is 0 Å². The van der Waals surface area contributed by atoms with Crippen LogP contribution in [0.5, 0.6) is 11.5 Å². The van der Waals surface area contributed by atoms with E-state index < -0.39 is 0 Å².